The smallest absolute Gasteiger partial charge is 0.338 e. The third kappa shape index (κ3) is 2.01. The van der Waals surface area contributed by atoms with Gasteiger partial charge >= 0.3 is 5.97 Å². The van der Waals surface area contributed by atoms with Crippen LogP contribution in [0, 0.1) is 23.7 Å². The van der Waals surface area contributed by atoms with Crippen LogP contribution in [0.2, 0.25) is 0 Å². The van der Waals surface area contributed by atoms with E-state index >= 15 is 0 Å². The molecule has 0 bridgehead atoms. The summed E-state index contributed by atoms with van der Waals surface area (Å²) in [7, 11) is 0. The Morgan fingerprint density at radius 1 is 1.39 bits per heavy atom. The molecule has 0 spiro atoms. The normalized spacial score (nSPS) is 46.4. The number of hydrogen-bond donors (Lipinski definition) is 1. The molecule has 2 rings (SSSR count). The number of hydrogen-bond acceptors (Lipinski definition) is 3. The second kappa shape index (κ2) is 5.27. The highest BCUT2D eigenvalue weighted by molar-refractivity contribution is 5.82. The Morgan fingerprint density at radius 3 is 2.44 bits per heavy atom. The van der Waals surface area contributed by atoms with Gasteiger partial charge in [0.05, 0.1) is 0 Å². The number of esters is 1. The summed E-state index contributed by atoms with van der Waals surface area (Å²) in [6.45, 7) is 15.9. The maximum absolute atomic E-state index is 11.7. The van der Waals surface area contributed by atoms with Gasteiger partial charge < -0.3 is 9.84 Å². The molecule has 1 saturated carbocycles. The molecule has 3 nitrogen and oxygen atoms in total. The van der Waals surface area contributed by atoms with Crippen molar-refractivity contribution >= 4 is 5.97 Å². The predicted molar refractivity (Wildman–Crippen MR) is 71.9 cm³/mol. The average molecular weight is 252 g/mol. The summed E-state index contributed by atoms with van der Waals surface area (Å²) in [6.07, 6.45) is 2.16. The van der Waals surface area contributed by atoms with E-state index in [0.717, 1.165) is 0 Å². The van der Waals surface area contributed by atoms with Crippen LogP contribution in [-0.2, 0) is 9.53 Å². The highest BCUT2D eigenvalue weighted by atomic mass is 16.6. The molecule has 2 aliphatic rings. The minimum atomic E-state index is -1.29. The fraction of sp³-hybridized carbons (Fsp3) is 0.667. The van der Waals surface area contributed by atoms with E-state index in [1.807, 2.05) is 13.0 Å². The molecule has 3 heteroatoms. The topological polar surface area (TPSA) is 46.5 Å². The van der Waals surface area contributed by atoms with Crippen molar-refractivity contribution < 1.29 is 14.6 Å². The van der Waals surface area contributed by atoms with Gasteiger partial charge in [0.15, 0.2) is 5.60 Å². The molecule has 102 valence electrons. The number of carbonyl (C=O) groups excluding carboxylic acids is 1. The standard InChI is InChI=1S/C13H20O3.C2H4/c1-5-10-8(3)7(2)6-13(15)11(10)9(4)16-12(13)14;1-2/h5,7-11,15H,1,6H2,2-4H3;1-2H2/t7-,8?,9+,10-,11-,13-;/m0./s1. The third-order valence-corrected chi connectivity index (χ3v) is 4.53. The average Bonchev–Trinajstić information content (AvgIpc) is 2.55. The van der Waals surface area contributed by atoms with Gasteiger partial charge in [0.1, 0.15) is 6.10 Å². The van der Waals surface area contributed by atoms with Gasteiger partial charge in [-0.15, -0.1) is 19.7 Å². The van der Waals surface area contributed by atoms with Crippen molar-refractivity contribution in [2.24, 2.45) is 23.7 Å². The summed E-state index contributed by atoms with van der Waals surface area (Å²) in [4.78, 5) is 11.7. The molecule has 0 amide bonds. The minimum absolute atomic E-state index is 0.135. The van der Waals surface area contributed by atoms with Crippen LogP contribution in [0.15, 0.2) is 25.8 Å². The van der Waals surface area contributed by atoms with Crippen LogP contribution in [0.25, 0.3) is 0 Å². The number of cyclic esters (lactones) is 1. The number of carbonyl (C=O) groups is 1. The van der Waals surface area contributed by atoms with Crippen LogP contribution < -0.4 is 0 Å². The van der Waals surface area contributed by atoms with Crippen LogP contribution in [0.4, 0.5) is 0 Å². The Labute approximate surface area is 110 Å². The van der Waals surface area contributed by atoms with Gasteiger partial charge in [0.25, 0.3) is 0 Å². The molecule has 0 radical (unpaired) electrons. The number of ether oxygens (including phenoxy) is 1. The largest absolute Gasteiger partial charge is 0.460 e. The van der Waals surface area contributed by atoms with Gasteiger partial charge in [0.2, 0.25) is 0 Å². The summed E-state index contributed by atoms with van der Waals surface area (Å²) in [5.74, 6) is 0.302. The first-order chi connectivity index (χ1) is 8.41. The van der Waals surface area contributed by atoms with E-state index in [1.54, 1.807) is 0 Å². The van der Waals surface area contributed by atoms with E-state index in [2.05, 4.69) is 33.6 Å². The number of allylic oxidation sites excluding steroid dienone is 1. The quantitative estimate of drug-likeness (QED) is 0.576. The number of rotatable bonds is 1. The van der Waals surface area contributed by atoms with Gasteiger partial charge in [-0.3, -0.25) is 0 Å². The lowest BCUT2D eigenvalue weighted by molar-refractivity contribution is -0.160. The van der Waals surface area contributed by atoms with Gasteiger partial charge in [-0.1, -0.05) is 19.9 Å². The van der Waals surface area contributed by atoms with E-state index in [1.165, 1.54) is 0 Å². The van der Waals surface area contributed by atoms with Gasteiger partial charge in [-0.2, -0.15) is 0 Å². The van der Waals surface area contributed by atoms with Crippen LogP contribution >= 0.6 is 0 Å². The summed E-state index contributed by atoms with van der Waals surface area (Å²) >= 11 is 0. The summed E-state index contributed by atoms with van der Waals surface area (Å²) in [5.41, 5.74) is -1.29. The van der Waals surface area contributed by atoms with Crippen LogP contribution in [-0.4, -0.2) is 22.8 Å². The minimum Gasteiger partial charge on any atom is -0.460 e. The van der Waals surface area contributed by atoms with E-state index in [-0.39, 0.29) is 17.9 Å². The Kier molecular flexibility index (Phi) is 4.38. The highest BCUT2D eigenvalue weighted by Gasteiger charge is 2.61. The van der Waals surface area contributed by atoms with E-state index in [0.29, 0.717) is 18.3 Å². The van der Waals surface area contributed by atoms with Crippen LogP contribution in [0.5, 0.6) is 0 Å². The zero-order chi connectivity index (χ0) is 14.1. The lowest BCUT2D eigenvalue weighted by Crippen LogP contribution is -2.52. The van der Waals surface area contributed by atoms with E-state index in [9.17, 15) is 9.90 Å². The Hall–Kier alpha value is -1.09. The molecular formula is C15H24O3. The molecule has 1 N–H and O–H groups in total. The van der Waals surface area contributed by atoms with E-state index < -0.39 is 11.6 Å². The van der Waals surface area contributed by atoms with Gasteiger partial charge in [-0.05, 0) is 31.1 Å². The fourth-order valence-corrected chi connectivity index (χ4v) is 3.46. The molecule has 0 aromatic carbocycles. The van der Waals surface area contributed by atoms with Gasteiger partial charge in [0, 0.05) is 5.92 Å². The van der Waals surface area contributed by atoms with Gasteiger partial charge in [-0.25, -0.2) is 4.79 Å². The molecule has 1 saturated heterocycles. The van der Waals surface area contributed by atoms with Crippen molar-refractivity contribution in [2.45, 2.75) is 38.9 Å². The van der Waals surface area contributed by atoms with Crippen LogP contribution in [0.3, 0.4) is 0 Å². The zero-order valence-electron chi connectivity index (χ0n) is 11.6. The summed E-state index contributed by atoms with van der Waals surface area (Å²) in [6, 6.07) is 0. The SMILES string of the molecule is C=C.C=C[C@H]1C(C)[C@@H](C)C[C@@]2(O)C(=O)O[C@H](C)[C@@H]12. The first-order valence-electron chi connectivity index (χ1n) is 6.47. The van der Waals surface area contributed by atoms with Crippen molar-refractivity contribution in [3.05, 3.63) is 25.8 Å². The zero-order valence-corrected chi connectivity index (χ0v) is 11.6. The van der Waals surface area contributed by atoms with Crippen molar-refractivity contribution in [3.8, 4) is 0 Å². The lowest BCUT2D eigenvalue weighted by atomic mass is 9.60. The number of fused-ring (bicyclic) bond motifs is 1. The van der Waals surface area contributed by atoms with Crippen LogP contribution in [0.1, 0.15) is 27.2 Å². The lowest BCUT2D eigenvalue weighted by Gasteiger charge is -2.44. The number of aliphatic hydroxyl groups is 1. The first kappa shape index (κ1) is 15.0. The fourth-order valence-electron chi connectivity index (χ4n) is 3.46. The summed E-state index contributed by atoms with van der Waals surface area (Å²) < 4.78 is 5.20. The first-order valence-corrected chi connectivity index (χ1v) is 6.47. The van der Waals surface area contributed by atoms with Crippen molar-refractivity contribution in [1.29, 1.82) is 0 Å². The molecule has 1 unspecified atom stereocenters. The highest BCUT2D eigenvalue weighted by Crippen LogP contribution is 2.50. The molecule has 0 aromatic rings. The van der Waals surface area contributed by atoms with Crippen molar-refractivity contribution in [1.82, 2.24) is 0 Å². The monoisotopic (exact) mass is 252 g/mol. The molecule has 1 aliphatic carbocycles. The summed E-state index contributed by atoms with van der Waals surface area (Å²) in [5, 5.41) is 10.5. The Bertz CT molecular complexity index is 339. The molecule has 6 atom stereocenters. The Morgan fingerprint density at radius 2 is 1.94 bits per heavy atom. The maximum atomic E-state index is 11.7. The maximum Gasteiger partial charge on any atom is 0.338 e. The third-order valence-electron chi connectivity index (χ3n) is 4.53. The molecular weight excluding hydrogens is 228 g/mol. The molecule has 1 heterocycles. The molecule has 2 fully saturated rings. The molecule has 1 aliphatic heterocycles. The second-order valence-corrected chi connectivity index (χ2v) is 5.41. The van der Waals surface area contributed by atoms with Crippen molar-refractivity contribution in [3.63, 3.8) is 0 Å². The predicted octanol–water partition coefficient (Wildman–Crippen LogP) is 2.56. The molecule has 18 heavy (non-hydrogen) atoms. The van der Waals surface area contributed by atoms with E-state index in [4.69, 9.17) is 4.74 Å². The second-order valence-electron chi connectivity index (χ2n) is 5.41. The Balaban J connectivity index is 0.000000771. The van der Waals surface area contributed by atoms with Crippen molar-refractivity contribution in [2.75, 3.05) is 0 Å². The molecule has 0 aromatic heterocycles.